The van der Waals surface area contributed by atoms with Crippen molar-refractivity contribution in [3.8, 4) is 11.3 Å². The molecule has 3 aromatic heterocycles. The van der Waals surface area contributed by atoms with E-state index in [1.807, 2.05) is 66.9 Å². The zero-order valence-electron chi connectivity index (χ0n) is 17.7. The van der Waals surface area contributed by atoms with E-state index in [-0.39, 0.29) is 11.7 Å². The van der Waals surface area contributed by atoms with Crippen LogP contribution in [-0.2, 0) is 11.3 Å². The summed E-state index contributed by atoms with van der Waals surface area (Å²) in [5.74, 6) is 0.501. The summed E-state index contributed by atoms with van der Waals surface area (Å²) in [5, 5.41) is 19.4. The number of amides is 1. The second-order valence-electron chi connectivity index (χ2n) is 7.01. The molecule has 166 valence electrons. The fraction of sp³-hybridized carbons (Fsp3) is 0.182. The molecule has 3 heterocycles. The first-order valence-corrected chi connectivity index (χ1v) is 12.1. The maximum Gasteiger partial charge on any atom is 0.277 e. The van der Waals surface area contributed by atoms with Gasteiger partial charge in [-0.25, -0.2) is 9.67 Å². The maximum atomic E-state index is 12.9. The van der Waals surface area contributed by atoms with Crippen LogP contribution in [-0.4, -0.2) is 48.4 Å². The van der Waals surface area contributed by atoms with E-state index in [2.05, 4.69) is 25.5 Å². The molecular weight excluding hydrogens is 458 g/mol. The predicted molar refractivity (Wildman–Crippen MR) is 127 cm³/mol. The summed E-state index contributed by atoms with van der Waals surface area (Å²) in [6, 6.07) is 17.6. The molecule has 0 fully saturated rings. The van der Waals surface area contributed by atoms with Gasteiger partial charge in [-0.05, 0) is 19.1 Å². The molecule has 9 nitrogen and oxygen atoms in total. The van der Waals surface area contributed by atoms with Gasteiger partial charge < -0.3 is 4.42 Å². The van der Waals surface area contributed by atoms with Gasteiger partial charge in [0.15, 0.2) is 5.13 Å². The van der Waals surface area contributed by atoms with Gasteiger partial charge in [-0.15, -0.1) is 26.6 Å². The van der Waals surface area contributed by atoms with Crippen molar-refractivity contribution >= 4 is 45.2 Å². The fourth-order valence-electron chi connectivity index (χ4n) is 3.27. The van der Waals surface area contributed by atoms with Crippen molar-refractivity contribution in [3.05, 3.63) is 65.9 Å². The van der Waals surface area contributed by atoms with Crippen molar-refractivity contribution < 1.29 is 9.21 Å². The van der Waals surface area contributed by atoms with Crippen molar-refractivity contribution in [3.63, 3.8) is 0 Å². The van der Waals surface area contributed by atoms with Crippen LogP contribution in [0.15, 0.2) is 69.6 Å². The Balaban J connectivity index is 1.22. The molecule has 0 unspecified atom stereocenters. The van der Waals surface area contributed by atoms with Crippen LogP contribution in [0.3, 0.4) is 0 Å². The average molecular weight is 478 g/mol. The van der Waals surface area contributed by atoms with Crippen LogP contribution in [0, 0.1) is 0 Å². The third-order valence-electron chi connectivity index (χ3n) is 4.88. The molecule has 0 N–H and O–H groups in total. The first kappa shape index (κ1) is 21.3. The van der Waals surface area contributed by atoms with E-state index < -0.39 is 0 Å². The Morgan fingerprint density at radius 3 is 2.76 bits per heavy atom. The minimum atomic E-state index is -0.0709. The number of benzene rings is 2. The summed E-state index contributed by atoms with van der Waals surface area (Å²) in [4.78, 5) is 19.2. The van der Waals surface area contributed by atoms with Crippen molar-refractivity contribution in [2.24, 2.45) is 0 Å². The molecule has 0 aliphatic rings. The van der Waals surface area contributed by atoms with Gasteiger partial charge in [-0.1, -0.05) is 59.4 Å². The van der Waals surface area contributed by atoms with E-state index in [1.165, 1.54) is 23.1 Å². The Bertz CT molecular complexity index is 1380. The first-order chi connectivity index (χ1) is 16.2. The lowest BCUT2D eigenvalue weighted by Gasteiger charge is -2.16. The highest BCUT2D eigenvalue weighted by atomic mass is 32.2. The van der Waals surface area contributed by atoms with E-state index >= 15 is 0 Å². The van der Waals surface area contributed by atoms with Crippen LogP contribution in [0.4, 0.5) is 5.13 Å². The summed E-state index contributed by atoms with van der Waals surface area (Å²) in [6.07, 6.45) is 0. The standard InChI is InChI=1S/C22H19N7O2S2/c1-2-28(21-23-17(13-32-21)15-8-4-3-5-9-15)20(30)14-33-22-26-25-19(31-22)12-29-18-11-7-6-10-16(18)24-27-29/h3-11,13H,2,12,14H2,1H3. The number of anilines is 1. The molecule has 0 atom stereocenters. The van der Waals surface area contributed by atoms with Gasteiger partial charge in [-0.2, -0.15) is 0 Å². The Labute approximate surface area is 197 Å². The smallest absolute Gasteiger partial charge is 0.277 e. The molecular formula is C22H19N7O2S2. The Kier molecular flexibility index (Phi) is 6.13. The lowest BCUT2D eigenvalue weighted by molar-refractivity contribution is -0.116. The number of carbonyl (C=O) groups excluding carboxylic acids is 1. The first-order valence-electron chi connectivity index (χ1n) is 10.3. The highest BCUT2D eigenvalue weighted by Crippen LogP contribution is 2.28. The molecule has 2 aromatic carbocycles. The van der Waals surface area contributed by atoms with Gasteiger partial charge in [0.1, 0.15) is 12.1 Å². The summed E-state index contributed by atoms with van der Waals surface area (Å²) >= 11 is 2.66. The van der Waals surface area contributed by atoms with Gasteiger partial charge in [0.05, 0.1) is 17.0 Å². The van der Waals surface area contributed by atoms with Gasteiger partial charge in [-0.3, -0.25) is 9.69 Å². The molecule has 33 heavy (non-hydrogen) atoms. The Morgan fingerprint density at radius 2 is 1.91 bits per heavy atom. The van der Waals surface area contributed by atoms with Gasteiger partial charge in [0.2, 0.25) is 11.8 Å². The quantitative estimate of drug-likeness (QED) is 0.307. The summed E-state index contributed by atoms with van der Waals surface area (Å²) in [5.41, 5.74) is 3.57. The molecule has 1 amide bonds. The second-order valence-corrected chi connectivity index (χ2v) is 8.77. The van der Waals surface area contributed by atoms with Gasteiger partial charge >= 0.3 is 0 Å². The highest BCUT2D eigenvalue weighted by molar-refractivity contribution is 7.99. The van der Waals surface area contributed by atoms with Crippen LogP contribution < -0.4 is 4.90 Å². The van der Waals surface area contributed by atoms with Crippen molar-refractivity contribution in [1.29, 1.82) is 0 Å². The van der Waals surface area contributed by atoms with Crippen LogP contribution >= 0.6 is 23.1 Å². The Morgan fingerprint density at radius 1 is 1.09 bits per heavy atom. The fourth-order valence-corrected chi connectivity index (χ4v) is 4.84. The zero-order valence-corrected chi connectivity index (χ0v) is 19.3. The van der Waals surface area contributed by atoms with E-state index in [0.29, 0.717) is 29.3 Å². The minimum absolute atomic E-state index is 0.0709. The summed E-state index contributed by atoms with van der Waals surface area (Å²) in [7, 11) is 0. The number of nitrogens with zero attached hydrogens (tertiary/aromatic N) is 7. The normalized spacial score (nSPS) is 11.2. The monoisotopic (exact) mass is 477 g/mol. The van der Waals surface area contributed by atoms with E-state index in [4.69, 9.17) is 4.42 Å². The highest BCUT2D eigenvalue weighted by Gasteiger charge is 2.20. The van der Waals surface area contributed by atoms with Crippen LogP contribution in [0.5, 0.6) is 0 Å². The Hall–Kier alpha value is -3.57. The molecule has 0 spiro atoms. The zero-order chi connectivity index (χ0) is 22.6. The van der Waals surface area contributed by atoms with Crippen LogP contribution in [0.1, 0.15) is 12.8 Å². The number of aromatic nitrogens is 6. The van der Waals surface area contributed by atoms with Crippen molar-refractivity contribution in [1.82, 2.24) is 30.2 Å². The number of carbonyl (C=O) groups is 1. The molecule has 5 rings (SSSR count). The molecule has 0 aliphatic carbocycles. The average Bonchev–Trinajstić information content (AvgIpc) is 3.60. The molecule has 0 saturated carbocycles. The van der Waals surface area contributed by atoms with E-state index in [0.717, 1.165) is 22.3 Å². The predicted octanol–water partition coefficient (Wildman–Crippen LogP) is 4.13. The SMILES string of the molecule is CCN(C(=O)CSc1nnc(Cn2nnc3ccccc32)o1)c1nc(-c2ccccc2)cs1. The lowest BCUT2D eigenvalue weighted by atomic mass is 10.2. The number of rotatable bonds is 8. The molecule has 0 saturated heterocycles. The number of hydrogen-bond acceptors (Lipinski definition) is 9. The van der Waals surface area contributed by atoms with E-state index in [9.17, 15) is 4.79 Å². The number of thioether (sulfide) groups is 1. The number of para-hydroxylation sites is 1. The third kappa shape index (κ3) is 4.64. The minimum Gasteiger partial charge on any atom is -0.414 e. The van der Waals surface area contributed by atoms with Gasteiger partial charge in [0, 0.05) is 17.5 Å². The number of hydrogen-bond donors (Lipinski definition) is 0. The topological polar surface area (TPSA) is 103 Å². The molecule has 11 heteroatoms. The molecule has 0 aliphatic heterocycles. The lowest BCUT2D eigenvalue weighted by Crippen LogP contribution is -2.32. The maximum absolute atomic E-state index is 12.9. The van der Waals surface area contributed by atoms with E-state index in [1.54, 1.807) is 9.58 Å². The number of thiazole rings is 1. The summed E-state index contributed by atoms with van der Waals surface area (Å²) < 4.78 is 7.41. The second kappa shape index (κ2) is 9.51. The molecule has 0 radical (unpaired) electrons. The molecule has 0 bridgehead atoms. The van der Waals surface area contributed by atoms with Crippen molar-refractivity contribution in [2.75, 3.05) is 17.2 Å². The molecule has 5 aromatic rings. The summed E-state index contributed by atoms with van der Waals surface area (Å²) in [6.45, 7) is 2.76. The van der Waals surface area contributed by atoms with Crippen LogP contribution in [0.2, 0.25) is 0 Å². The van der Waals surface area contributed by atoms with Crippen LogP contribution in [0.25, 0.3) is 22.3 Å². The van der Waals surface area contributed by atoms with Crippen molar-refractivity contribution in [2.45, 2.75) is 18.7 Å². The number of fused-ring (bicyclic) bond motifs is 1. The van der Waals surface area contributed by atoms with Gasteiger partial charge in [0.25, 0.3) is 5.22 Å². The third-order valence-corrected chi connectivity index (χ3v) is 6.55. The largest absolute Gasteiger partial charge is 0.414 e.